The maximum absolute atomic E-state index is 10.9. The van der Waals surface area contributed by atoms with Crippen molar-refractivity contribution in [2.24, 2.45) is 5.73 Å². The van der Waals surface area contributed by atoms with Gasteiger partial charge in [0.1, 0.15) is 6.04 Å². The minimum atomic E-state index is -1.29. The molecule has 2 unspecified atom stereocenters. The third-order valence-corrected chi connectivity index (χ3v) is 5.39. The monoisotopic (exact) mass is 215 g/mol. The first-order valence-electron chi connectivity index (χ1n) is 2.65. The van der Waals surface area contributed by atoms with Gasteiger partial charge in [0.05, 0.1) is 15.6 Å². The van der Waals surface area contributed by atoms with E-state index < -0.39 is 30.3 Å². The smallest absolute Gasteiger partial charge is 0.321 e. The molecule has 0 aromatic carbocycles. The number of rotatable bonds is 4. The van der Waals surface area contributed by atoms with Gasteiger partial charge in [-0.05, 0) is 25.9 Å². The van der Waals surface area contributed by atoms with E-state index in [0.717, 1.165) is 0 Å². The van der Waals surface area contributed by atoms with Gasteiger partial charge < -0.3 is 10.8 Å². The van der Waals surface area contributed by atoms with Crippen molar-refractivity contribution in [3.63, 3.8) is 0 Å². The summed E-state index contributed by atoms with van der Waals surface area (Å²) in [4.78, 5) is 10.2. The molecule has 4 nitrogen and oxygen atoms in total. The molecule has 66 valence electrons. The topological polar surface area (TPSA) is 80.4 Å². The Kier molecular flexibility index (Phi) is 4.98. The number of carboxylic acids is 1. The standard InChI is InChI=1S/C4H9NO3S3/c1-10(9)11(8)2-3(5)4(6)7/h3H,2,5H2,1H3,(H,6,7)/t3-,10?,11?/m0/s1. The average molecular weight is 215 g/mol. The number of hydrogen-bond acceptors (Lipinski definition) is 4. The molecule has 7 heteroatoms. The second kappa shape index (κ2) is 4.91. The zero-order valence-electron chi connectivity index (χ0n) is 5.85. The minimum absolute atomic E-state index is 0.0571. The Bertz CT molecular complexity index is 205. The summed E-state index contributed by atoms with van der Waals surface area (Å²) < 4.78 is 10.9. The molecular weight excluding hydrogens is 206 g/mol. The van der Waals surface area contributed by atoms with Gasteiger partial charge in [-0.1, -0.05) is 0 Å². The van der Waals surface area contributed by atoms with E-state index in [0.29, 0.717) is 0 Å². The van der Waals surface area contributed by atoms with E-state index in [-0.39, 0.29) is 5.75 Å². The molecular formula is C4H9NO3S3. The van der Waals surface area contributed by atoms with Crippen molar-refractivity contribution in [1.29, 1.82) is 0 Å². The van der Waals surface area contributed by atoms with Gasteiger partial charge in [0, 0.05) is 0 Å². The molecule has 0 aliphatic rings. The lowest BCUT2D eigenvalue weighted by Gasteiger charge is -2.04. The van der Waals surface area contributed by atoms with Gasteiger partial charge in [-0.2, -0.15) is 0 Å². The molecule has 0 saturated heterocycles. The lowest BCUT2D eigenvalue weighted by molar-refractivity contribution is -0.137. The summed E-state index contributed by atoms with van der Waals surface area (Å²) >= 11 is 4.69. The second-order valence-corrected chi connectivity index (χ2v) is 8.31. The van der Waals surface area contributed by atoms with E-state index in [1.165, 1.54) is 0 Å². The fraction of sp³-hybridized carbons (Fsp3) is 0.750. The fourth-order valence-electron chi connectivity index (χ4n) is 0.314. The lowest BCUT2D eigenvalue weighted by Crippen LogP contribution is -2.35. The quantitative estimate of drug-likeness (QED) is 0.574. The molecule has 3 atom stereocenters. The van der Waals surface area contributed by atoms with Crippen molar-refractivity contribution < 1.29 is 14.1 Å². The number of hydrogen-bond donors (Lipinski definition) is 2. The van der Waals surface area contributed by atoms with Crippen LogP contribution in [0.25, 0.3) is 0 Å². The Hall–Kier alpha value is 0.150. The first-order valence-corrected chi connectivity index (χ1v) is 7.05. The van der Waals surface area contributed by atoms with E-state index in [1.807, 2.05) is 0 Å². The summed E-state index contributed by atoms with van der Waals surface area (Å²) in [6.07, 6.45) is 1.61. The Morgan fingerprint density at radius 3 is 2.55 bits per heavy atom. The molecule has 0 bridgehead atoms. The molecule has 0 heterocycles. The average Bonchev–Trinajstić information content (AvgIpc) is 1.87. The molecule has 0 amide bonds. The molecule has 0 spiro atoms. The summed E-state index contributed by atoms with van der Waals surface area (Å²) in [6, 6.07) is -1.06. The highest BCUT2D eigenvalue weighted by molar-refractivity contribution is 8.76. The molecule has 0 saturated carbocycles. The maximum atomic E-state index is 10.9. The molecule has 0 aromatic heterocycles. The molecule has 11 heavy (non-hydrogen) atoms. The minimum Gasteiger partial charge on any atom is -0.480 e. The normalized spacial score (nSPS) is 18.7. The summed E-state index contributed by atoms with van der Waals surface area (Å²) in [6.45, 7) is 0. The summed E-state index contributed by atoms with van der Waals surface area (Å²) in [5, 5.41) is 8.32. The molecule has 0 fully saturated rings. The molecule has 3 N–H and O–H groups in total. The van der Waals surface area contributed by atoms with Crippen LogP contribution in [-0.2, 0) is 34.3 Å². The van der Waals surface area contributed by atoms with Gasteiger partial charge in [-0.3, -0.25) is 4.79 Å². The highest BCUT2D eigenvalue weighted by Crippen LogP contribution is 1.91. The maximum Gasteiger partial charge on any atom is 0.321 e. The second-order valence-electron chi connectivity index (χ2n) is 1.82. The van der Waals surface area contributed by atoms with Crippen molar-refractivity contribution in [2.45, 2.75) is 6.04 Å². The predicted molar refractivity (Wildman–Crippen MR) is 49.3 cm³/mol. The van der Waals surface area contributed by atoms with Gasteiger partial charge in [0.2, 0.25) is 0 Å². The van der Waals surface area contributed by atoms with Crippen LogP contribution < -0.4 is 5.73 Å². The molecule has 0 aromatic rings. The zero-order valence-corrected chi connectivity index (χ0v) is 8.30. The van der Waals surface area contributed by atoms with E-state index >= 15 is 0 Å². The summed E-state index contributed by atoms with van der Waals surface area (Å²) in [5.74, 6) is -1.20. The van der Waals surface area contributed by atoms with Crippen molar-refractivity contribution in [2.75, 3.05) is 12.0 Å². The number of nitrogens with two attached hydrogens (primary N) is 1. The molecule has 0 rings (SSSR count). The first-order chi connectivity index (χ1) is 4.95. The SMILES string of the molecule is CS(=S)S(=O)C[C@H](N)C(=O)O. The van der Waals surface area contributed by atoms with Crippen molar-refractivity contribution in [3.8, 4) is 0 Å². The third kappa shape index (κ3) is 4.57. The van der Waals surface area contributed by atoms with Crippen LogP contribution in [0.5, 0.6) is 0 Å². The Morgan fingerprint density at radius 2 is 2.27 bits per heavy atom. The van der Waals surface area contributed by atoms with Crippen molar-refractivity contribution in [3.05, 3.63) is 0 Å². The number of carboxylic acid groups (broad SMARTS) is 1. The molecule has 0 aliphatic heterocycles. The van der Waals surface area contributed by atoms with Crippen LogP contribution in [0, 0.1) is 0 Å². The highest BCUT2D eigenvalue weighted by Gasteiger charge is 2.15. The van der Waals surface area contributed by atoms with Gasteiger partial charge in [0.25, 0.3) is 0 Å². The largest absolute Gasteiger partial charge is 0.480 e. The predicted octanol–water partition coefficient (Wildman–Crippen LogP) is -1.23. The van der Waals surface area contributed by atoms with Crippen LogP contribution in [0.1, 0.15) is 0 Å². The van der Waals surface area contributed by atoms with Crippen LogP contribution >= 0.6 is 0 Å². The van der Waals surface area contributed by atoms with Crippen LogP contribution in [-0.4, -0.2) is 33.3 Å². The molecule has 0 aliphatic carbocycles. The third-order valence-electron chi connectivity index (χ3n) is 0.895. The van der Waals surface area contributed by atoms with E-state index in [1.54, 1.807) is 6.26 Å². The van der Waals surface area contributed by atoms with E-state index in [9.17, 15) is 9.00 Å². The van der Waals surface area contributed by atoms with Gasteiger partial charge >= 0.3 is 5.97 Å². The van der Waals surface area contributed by atoms with E-state index in [2.05, 4.69) is 11.2 Å². The zero-order chi connectivity index (χ0) is 9.02. The Labute approximate surface area is 73.6 Å². The lowest BCUT2D eigenvalue weighted by atomic mass is 10.4. The van der Waals surface area contributed by atoms with Gasteiger partial charge in [0.15, 0.2) is 0 Å². The van der Waals surface area contributed by atoms with Gasteiger partial charge in [-0.25, -0.2) is 4.21 Å². The van der Waals surface area contributed by atoms with Crippen LogP contribution in [0.2, 0.25) is 0 Å². The summed E-state index contributed by atoms with van der Waals surface area (Å²) in [5.41, 5.74) is 5.12. The van der Waals surface area contributed by atoms with Crippen LogP contribution in [0.3, 0.4) is 0 Å². The highest BCUT2D eigenvalue weighted by atomic mass is 33.3. The summed E-state index contributed by atoms with van der Waals surface area (Å²) in [7, 11) is -1.97. The van der Waals surface area contributed by atoms with Crippen LogP contribution in [0.4, 0.5) is 0 Å². The number of carbonyl (C=O) groups is 1. The Morgan fingerprint density at radius 1 is 1.82 bits per heavy atom. The van der Waals surface area contributed by atoms with Crippen LogP contribution in [0.15, 0.2) is 0 Å². The van der Waals surface area contributed by atoms with Gasteiger partial charge in [-0.15, -0.1) is 0 Å². The molecule has 0 radical (unpaired) electrons. The number of aliphatic carboxylic acids is 1. The van der Waals surface area contributed by atoms with Crippen molar-refractivity contribution >= 4 is 35.5 Å². The van der Waals surface area contributed by atoms with E-state index in [4.69, 9.17) is 10.8 Å². The Balaban J connectivity index is 3.95. The first kappa shape index (κ1) is 11.2. The van der Waals surface area contributed by atoms with Crippen molar-refractivity contribution in [1.82, 2.24) is 0 Å². The fourth-order valence-corrected chi connectivity index (χ4v) is 2.46.